The van der Waals surface area contributed by atoms with Gasteiger partial charge in [0.25, 0.3) is 0 Å². The Morgan fingerprint density at radius 2 is 2.36 bits per heavy atom. The highest BCUT2D eigenvalue weighted by Gasteiger charge is 2.07. The van der Waals surface area contributed by atoms with E-state index in [1.807, 2.05) is 6.20 Å². The van der Waals surface area contributed by atoms with E-state index in [1.165, 1.54) is 22.6 Å². The molecular formula is C10H13N. The first-order valence-corrected chi connectivity index (χ1v) is 4.13. The van der Waals surface area contributed by atoms with E-state index in [9.17, 15) is 0 Å². The van der Waals surface area contributed by atoms with Gasteiger partial charge in [-0.25, -0.2) is 0 Å². The maximum Gasteiger partial charge on any atom is 0.0413 e. The fraction of sp³-hybridized carbons (Fsp3) is 0.400. The Morgan fingerprint density at radius 1 is 1.55 bits per heavy atom. The van der Waals surface area contributed by atoms with Crippen molar-refractivity contribution in [2.45, 2.75) is 20.3 Å². The molecule has 0 aliphatic heterocycles. The summed E-state index contributed by atoms with van der Waals surface area (Å²) in [6, 6.07) is 2.16. The van der Waals surface area contributed by atoms with Gasteiger partial charge < -0.3 is 4.98 Å². The number of rotatable bonds is 0. The zero-order valence-electron chi connectivity index (χ0n) is 7.02. The molecule has 1 aliphatic rings. The number of hydrogen-bond acceptors (Lipinski definition) is 0. The summed E-state index contributed by atoms with van der Waals surface area (Å²) >= 11 is 0. The molecule has 0 spiro atoms. The lowest BCUT2D eigenvalue weighted by Crippen LogP contribution is -2.29. The van der Waals surface area contributed by atoms with Crippen LogP contribution in [0.2, 0.25) is 0 Å². The quantitative estimate of drug-likeness (QED) is 0.563. The zero-order chi connectivity index (χ0) is 7.84. The summed E-state index contributed by atoms with van der Waals surface area (Å²) in [5.74, 6) is 0.721. The number of aromatic amines is 1. The van der Waals surface area contributed by atoms with E-state index in [0.717, 1.165) is 5.92 Å². The van der Waals surface area contributed by atoms with E-state index in [0.29, 0.717) is 0 Å². The molecule has 0 bridgehead atoms. The van der Waals surface area contributed by atoms with Crippen molar-refractivity contribution < 1.29 is 0 Å². The summed E-state index contributed by atoms with van der Waals surface area (Å²) in [5, 5.41) is 2.71. The van der Waals surface area contributed by atoms with Crippen molar-refractivity contribution in [3.05, 3.63) is 22.8 Å². The third-order valence-electron chi connectivity index (χ3n) is 2.62. The SMILES string of the molecule is CC1=c2cc[nH]c2=CCC1C. The fourth-order valence-corrected chi connectivity index (χ4v) is 1.63. The minimum atomic E-state index is 0.721. The van der Waals surface area contributed by atoms with Gasteiger partial charge in [-0.15, -0.1) is 0 Å². The van der Waals surface area contributed by atoms with Gasteiger partial charge in [0.1, 0.15) is 0 Å². The van der Waals surface area contributed by atoms with Gasteiger partial charge in [0.05, 0.1) is 0 Å². The van der Waals surface area contributed by atoms with Crippen LogP contribution in [0, 0.1) is 5.92 Å². The van der Waals surface area contributed by atoms with Crippen LogP contribution in [0.15, 0.2) is 12.3 Å². The van der Waals surface area contributed by atoms with Gasteiger partial charge in [-0.05, 0) is 30.5 Å². The lowest BCUT2D eigenvalue weighted by Gasteiger charge is -2.11. The van der Waals surface area contributed by atoms with Crippen LogP contribution in [0.1, 0.15) is 20.3 Å². The second kappa shape index (κ2) is 2.26. The van der Waals surface area contributed by atoms with Crippen molar-refractivity contribution in [3.63, 3.8) is 0 Å². The molecule has 1 aromatic rings. The lowest BCUT2D eigenvalue weighted by atomic mass is 9.94. The third kappa shape index (κ3) is 0.917. The smallest absolute Gasteiger partial charge is 0.0413 e. The minimum Gasteiger partial charge on any atom is -0.361 e. The van der Waals surface area contributed by atoms with Gasteiger partial charge in [0.2, 0.25) is 0 Å². The van der Waals surface area contributed by atoms with E-state index in [-0.39, 0.29) is 0 Å². The molecule has 1 atom stereocenters. The molecule has 1 aliphatic carbocycles. The molecule has 1 N–H and O–H groups in total. The lowest BCUT2D eigenvalue weighted by molar-refractivity contribution is 0.765. The van der Waals surface area contributed by atoms with Crippen molar-refractivity contribution >= 4 is 11.6 Å². The molecule has 58 valence electrons. The second-order valence-corrected chi connectivity index (χ2v) is 3.33. The van der Waals surface area contributed by atoms with Gasteiger partial charge in [-0.1, -0.05) is 18.6 Å². The summed E-state index contributed by atoms with van der Waals surface area (Å²) in [5.41, 5.74) is 1.52. The van der Waals surface area contributed by atoms with Crippen molar-refractivity contribution in [2.75, 3.05) is 0 Å². The first-order valence-electron chi connectivity index (χ1n) is 4.13. The maximum absolute atomic E-state index is 3.23. The van der Waals surface area contributed by atoms with E-state index in [2.05, 4.69) is 31.0 Å². The van der Waals surface area contributed by atoms with Gasteiger partial charge in [-0.2, -0.15) is 0 Å². The predicted octanol–water partition coefficient (Wildman–Crippen LogP) is 1.01. The standard InChI is InChI=1S/C10H13N/c1-7-3-4-10-9(8(7)2)5-6-11-10/h4-7,11H,3H2,1-2H3. The molecule has 0 amide bonds. The average molecular weight is 147 g/mol. The van der Waals surface area contributed by atoms with Crippen LogP contribution in [0.5, 0.6) is 0 Å². The molecular weight excluding hydrogens is 134 g/mol. The zero-order valence-corrected chi connectivity index (χ0v) is 7.02. The Hall–Kier alpha value is -0.980. The molecule has 1 nitrogen and oxygen atoms in total. The molecule has 2 rings (SSSR count). The molecule has 0 aromatic carbocycles. The summed E-state index contributed by atoms with van der Waals surface area (Å²) in [6.45, 7) is 4.51. The molecule has 1 heteroatoms. The first kappa shape index (κ1) is 6.71. The Labute approximate surface area is 66.4 Å². The Bertz CT molecular complexity index is 370. The topological polar surface area (TPSA) is 15.8 Å². The number of nitrogens with one attached hydrogen (secondary N) is 1. The number of aromatic nitrogens is 1. The summed E-state index contributed by atoms with van der Waals surface area (Å²) in [7, 11) is 0. The van der Waals surface area contributed by atoms with E-state index in [4.69, 9.17) is 0 Å². The van der Waals surface area contributed by atoms with E-state index < -0.39 is 0 Å². The number of fused-ring (bicyclic) bond motifs is 1. The molecule has 1 aromatic heterocycles. The largest absolute Gasteiger partial charge is 0.361 e. The minimum absolute atomic E-state index is 0.721. The Balaban J connectivity index is 2.82. The van der Waals surface area contributed by atoms with Crippen LogP contribution in [0.4, 0.5) is 0 Å². The van der Waals surface area contributed by atoms with Gasteiger partial charge in [0.15, 0.2) is 0 Å². The summed E-state index contributed by atoms with van der Waals surface area (Å²) in [6.07, 6.45) is 5.48. The normalized spacial score (nSPS) is 22.7. The average Bonchev–Trinajstić information content (AvgIpc) is 2.45. The maximum atomic E-state index is 3.23. The molecule has 1 heterocycles. The molecule has 0 radical (unpaired) electrons. The molecule has 0 saturated carbocycles. The monoisotopic (exact) mass is 147 g/mol. The predicted molar refractivity (Wildman–Crippen MR) is 47.4 cm³/mol. The van der Waals surface area contributed by atoms with Crippen molar-refractivity contribution in [3.8, 4) is 0 Å². The van der Waals surface area contributed by atoms with Crippen molar-refractivity contribution in [1.29, 1.82) is 0 Å². The van der Waals surface area contributed by atoms with Crippen LogP contribution >= 0.6 is 0 Å². The third-order valence-corrected chi connectivity index (χ3v) is 2.62. The van der Waals surface area contributed by atoms with Gasteiger partial charge in [-0.3, -0.25) is 0 Å². The van der Waals surface area contributed by atoms with Crippen LogP contribution in [-0.2, 0) is 0 Å². The molecule has 11 heavy (non-hydrogen) atoms. The van der Waals surface area contributed by atoms with E-state index in [1.54, 1.807) is 0 Å². The highest BCUT2D eigenvalue weighted by atomic mass is 14.6. The van der Waals surface area contributed by atoms with E-state index >= 15 is 0 Å². The highest BCUT2D eigenvalue weighted by molar-refractivity contribution is 5.50. The molecule has 0 saturated heterocycles. The highest BCUT2D eigenvalue weighted by Crippen LogP contribution is 2.15. The van der Waals surface area contributed by atoms with Gasteiger partial charge >= 0.3 is 0 Å². The van der Waals surface area contributed by atoms with Crippen LogP contribution in [-0.4, -0.2) is 4.98 Å². The second-order valence-electron chi connectivity index (χ2n) is 3.33. The number of hydrogen-bond donors (Lipinski definition) is 1. The Morgan fingerprint density at radius 3 is 3.18 bits per heavy atom. The Kier molecular flexibility index (Phi) is 1.38. The molecule has 0 fully saturated rings. The first-order chi connectivity index (χ1) is 5.29. The summed E-state index contributed by atoms with van der Waals surface area (Å²) < 4.78 is 0. The van der Waals surface area contributed by atoms with Gasteiger partial charge in [0, 0.05) is 11.5 Å². The molecule has 1 unspecified atom stereocenters. The fourth-order valence-electron chi connectivity index (χ4n) is 1.63. The van der Waals surface area contributed by atoms with Crippen molar-refractivity contribution in [2.24, 2.45) is 5.92 Å². The van der Waals surface area contributed by atoms with Crippen LogP contribution in [0.25, 0.3) is 11.6 Å². The summed E-state index contributed by atoms with van der Waals surface area (Å²) in [4.78, 5) is 3.23. The van der Waals surface area contributed by atoms with Crippen LogP contribution < -0.4 is 10.6 Å². The number of H-pyrrole nitrogens is 1. The van der Waals surface area contributed by atoms with Crippen molar-refractivity contribution in [1.82, 2.24) is 4.98 Å². The van der Waals surface area contributed by atoms with Crippen LogP contribution in [0.3, 0.4) is 0 Å².